The number of benzene rings is 4. The fraction of sp³-hybridized carbons (Fsp3) is 0.103. The molecule has 4 heteroatoms. The Hall–Kier alpha value is -4.18. The first-order chi connectivity index (χ1) is 16.1. The maximum atomic E-state index is 5.96. The van der Waals surface area contributed by atoms with Gasteiger partial charge in [-0.1, -0.05) is 35.9 Å². The molecule has 1 aromatic heterocycles. The van der Waals surface area contributed by atoms with Crippen molar-refractivity contribution in [1.82, 2.24) is 9.97 Å². The van der Waals surface area contributed by atoms with Gasteiger partial charge in [0.2, 0.25) is 0 Å². The molecule has 0 fully saturated rings. The molecule has 0 radical (unpaired) electrons. The van der Waals surface area contributed by atoms with E-state index in [0.717, 1.165) is 62.9 Å². The lowest BCUT2D eigenvalue weighted by atomic mass is 10.00. The van der Waals surface area contributed by atoms with E-state index in [-0.39, 0.29) is 0 Å². The van der Waals surface area contributed by atoms with Crippen LogP contribution >= 0.6 is 0 Å². The number of nitrogens with zero attached hydrogens (tertiary/aromatic N) is 2. The van der Waals surface area contributed by atoms with E-state index < -0.39 is 0 Å². The van der Waals surface area contributed by atoms with Gasteiger partial charge in [0.05, 0.1) is 22.4 Å². The van der Waals surface area contributed by atoms with Crippen molar-refractivity contribution in [3.8, 4) is 22.6 Å². The second-order valence-electron chi connectivity index (χ2n) is 8.57. The van der Waals surface area contributed by atoms with Crippen molar-refractivity contribution in [2.24, 2.45) is 4.99 Å². The summed E-state index contributed by atoms with van der Waals surface area (Å²) < 4.78 is 5.96. The van der Waals surface area contributed by atoms with Gasteiger partial charge in [-0.2, -0.15) is 0 Å². The maximum Gasteiger partial charge on any atom is 0.127 e. The molecule has 0 amide bonds. The monoisotopic (exact) mass is 429 g/mol. The highest BCUT2D eigenvalue weighted by molar-refractivity contribution is 6.06. The molecule has 0 spiro atoms. The summed E-state index contributed by atoms with van der Waals surface area (Å²) in [5.74, 6) is 2.60. The van der Waals surface area contributed by atoms with Gasteiger partial charge in [-0.25, -0.2) is 4.98 Å². The molecular formula is C29H23N3O. The van der Waals surface area contributed by atoms with E-state index in [0.29, 0.717) is 0 Å². The average Bonchev–Trinajstić information content (AvgIpc) is 3.42. The van der Waals surface area contributed by atoms with Crippen LogP contribution in [0.3, 0.4) is 0 Å². The molecule has 2 heterocycles. The van der Waals surface area contributed by atoms with Gasteiger partial charge in [-0.05, 0) is 90.7 Å². The van der Waals surface area contributed by atoms with Crippen molar-refractivity contribution in [3.63, 3.8) is 0 Å². The minimum absolute atomic E-state index is 0.824. The third kappa shape index (κ3) is 3.80. The van der Waals surface area contributed by atoms with Gasteiger partial charge in [0, 0.05) is 6.42 Å². The summed E-state index contributed by atoms with van der Waals surface area (Å²) in [6, 6.07) is 29.2. The van der Waals surface area contributed by atoms with E-state index in [4.69, 9.17) is 9.73 Å². The highest BCUT2D eigenvalue weighted by atomic mass is 16.5. The zero-order valence-electron chi connectivity index (χ0n) is 18.6. The Morgan fingerprint density at radius 3 is 2.18 bits per heavy atom. The topological polar surface area (TPSA) is 50.3 Å². The number of ether oxygens (including phenoxy) is 1. The van der Waals surface area contributed by atoms with Crippen LogP contribution < -0.4 is 4.74 Å². The lowest BCUT2D eigenvalue weighted by Gasteiger charge is -2.07. The third-order valence-electron chi connectivity index (χ3n) is 6.08. The largest absolute Gasteiger partial charge is 0.457 e. The highest BCUT2D eigenvalue weighted by Gasteiger charge is 2.17. The normalized spacial score (nSPS) is 12.6. The lowest BCUT2D eigenvalue weighted by Crippen LogP contribution is -1.99. The Bertz CT molecular complexity index is 1510. The first kappa shape index (κ1) is 19.5. The highest BCUT2D eigenvalue weighted by Crippen LogP contribution is 2.34. The SMILES string of the molecule is Cc1ccc(Oc2ccc(C3=Nc4cc(-c5ccc6nc(C)[nH]c6c5)ccc4C3)cc2)cc1. The molecule has 0 saturated heterocycles. The van der Waals surface area contributed by atoms with Crippen molar-refractivity contribution in [2.75, 3.05) is 0 Å². The molecule has 1 aliphatic heterocycles. The van der Waals surface area contributed by atoms with Crippen LogP contribution in [0.4, 0.5) is 5.69 Å². The van der Waals surface area contributed by atoms with Gasteiger partial charge in [0.1, 0.15) is 17.3 Å². The van der Waals surface area contributed by atoms with Gasteiger partial charge in [-0.3, -0.25) is 4.99 Å². The quantitative estimate of drug-likeness (QED) is 0.325. The minimum atomic E-state index is 0.824. The molecule has 6 rings (SSSR count). The van der Waals surface area contributed by atoms with Gasteiger partial charge in [-0.15, -0.1) is 0 Å². The number of H-pyrrole nitrogens is 1. The van der Waals surface area contributed by atoms with Crippen molar-refractivity contribution in [3.05, 3.63) is 107 Å². The second-order valence-corrected chi connectivity index (χ2v) is 8.57. The molecule has 1 aliphatic rings. The summed E-state index contributed by atoms with van der Waals surface area (Å²) in [5, 5.41) is 0. The van der Waals surface area contributed by atoms with Crippen LogP contribution in [0, 0.1) is 13.8 Å². The molecular weight excluding hydrogens is 406 g/mol. The van der Waals surface area contributed by atoms with Crippen molar-refractivity contribution < 1.29 is 4.74 Å². The molecule has 33 heavy (non-hydrogen) atoms. The van der Waals surface area contributed by atoms with E-state index in [1.165, 1.54) is 11.1 Å². The number of aliphatic imine (C=N–C) groups is 1. The van der Waals surface area contributed by atoms with Crippen LogP contribution in [0.25, 0.3) is 22.2 Å². The molecule has 4 nitrogen and oxygen atoms in total. The van der Waals surface area contributed by atoms with Crippen LogP contribution in [0.1, 0.15) is 22.5 Å². The van der Waals surface area contributed by atoms with E-state index in [1.807, 2.05) is 31.2 Å². The Labute approximate surface area is 192 Å². The van der Waals surface area contributed by atoms with Crippen LogP contribution in [0.15, 0.2) is 89.9 Å². The molecule has 0 unspecified atom stereocenters. The smallest absolute Gasteiger partial charge is 0.127 e. The summed E-state index contributed by atoms with van der Waals surface area (Å²) in [6.07, 6.45) is 0.840. The van der Waals surface area contributed by atoms with Crippen LogP contribution in [0.5, 0.6) is 11.5 Å². The van der Waals surface area contributed by atoms with E-state index in [1.54, 1.807) is 0 Å². The Morgan fingerprint density at radius 1 is 0.727 bits per heavy atom. The van der Waals surface area contributed by atoms with Crippen LogP contribution in [-0.4, -0.2) is 15.7 Å². The molecule has 0 saturated carbocycles. The molecule has 0 atom stereocenters. The molecule has 0 aliphatic carbocycles. The molecule has 1 N–H and O–H groups in total. The Morgan fingerprint density at radius 2 is 1.39 bits per heavy atom. The van der Waals surface area contributed by atoms with Gasteiger partial charge in [0.25, 0.3) is 0 Å². The number of hydrogen-bond donors (Lipinski definition) is 1. The Balaban J connectivity index is 1.24. The van der Waals surface area contributed by atoms with Crippen LogP contribution in [0.2, 0.25) is 0 Å². The van der Waals surface area contributed by atoms with Crippen molar-refractivity contribution in [1.29, 1.82) is 0 Å². The summed E-state index contributed by atoms with van der Waals surface area (Å²) in [6.45, 7) is 4.05. The predicted molar refractivity (Wildman–Crippen MR) is 134 cm³/mol. The summed E-state index contributed by atoms with van der Waals surface area (Å²) in [4.78, 5) is 12.8. The molecule has 160 valence electrons. The zero-order chi connectivity index (χ0) is 22.4. The van der Waals surface area contributed by atoms with E-state index in [2.05, 4.69) is 77.6 Å². The fourth-order valence-corrected chi connectivity index (χ4v) is 4.30. The number of aryl methyl sites for hydroxylation is 2. The van der Waals surface area contributed by atoms with Gasteiger partial charge < -0.3 is 9.72 Å². The zero-order valence-corrected chi connectivity index (χ0v) is 18.6. The number of nitrogens with one attached hydrogen (secondary N) is 1. The van der Waals surface area contributed by atoms with Crippen LogP contribution in [-0.2, 0) is 6.42 Å². The number of aromatic nitrogens is 2. The lowest BCUT2D eigenvalue weighted by molar-refractivity contribution is 0.482. The van der Waals surface area contributed by atoms with Gasteiger partial charge >= 0.3 is 0 Å². The minimum Gasteiger partial charge on any atom is -0.457 e. The first-order valence-corrected chi connectivity index (χ1v) is 11.1. The van der Waals surface area contributed by atoms with Crippen molar-refractivity contribution in [2.45, 2.75) is 20.3 Å². The first-order valence-electron chi connectivity index (χ1n) is 11.1. The second kappa shape index (κ2) is 7.75. The number of aromatic amines is 1. The van der Waals surface area contributed by atoms with Gasteiger partial charge in [0.15, 0.2) is 0 Å². The number of imidazole rings is 1. The average molecular weight is 430 g/mol. The Kier molecular flexibility index (Phi) is 4.58. The number of hydrogen-bond acceptors (Lipinski definition) is 3. The summed E-state index contributed by atoms with van der Waals surface area (Å²) >= 11 is 0. The number of fused-ring (bicyclic) bond motifs is 2. The molecule has 5 aromatic rings. The predicted octanol–water partition coefficient (Wildman–Crippen LogP) is 7.32. The standard InChI is InChI=1S/C29H23N3O/c1-18-3-10-24(11-4-18)33-25-12-7-20(8-13-25)27-17-23-6-5-21(15-28(23)32-27)22-9-14-26-29(16-22)31-19(2)30-26/h3-16H,17H2,1-2H3,(H,30,31). The van der Waals surface area contributed by atoms with E-state index in [9.17, 15) is 0 Å². The number of rotatable bonds is 4. The van der Waals surface area contributed by atoms with Crippen molar-refractivity contribution >= 4 is 22.4 Å². The maximum absolute atomic E-state index is 5.96. The third-order valence-corrected chi connectivity index (χ3v) is 6.08. The fourth-order valence-electron chi connectivity index (χ4n) is 4.30. The molecule has 0 bridgehead atoms. The summed E-state index contributed by atoms with van der Waals surface area (Å²) in [7, 11) is 0. The molecule has 4 aromatic carbocycles. The van der Waals surface area contributed by atoms with E-state index >= 15 is 0 Å². The summed E-state index contributed by atoms with van der Waals surface area (Å²) in [5.41, 5.74) is 10.1.